The summed E-state index contributed by atoms with van der Waals surface area (Å²) >= 11 is 0. The van der Waals surface area contributed by atoms with Crippen LogP contribution in [0.5, 0.6) is 11.5 Å². The van der Waals surface area contributed by atoms with Crippen molar-refractivity contribution in [3.63, 3.8) is 0 Å². The van der Waals surface area contributed by atoms with E-state index in [0.717, 1.165) is 34.0 Å². The summed E-state index contributed by atoms with van der Waals surface area (Å²) in [6, 6.07) is 30.3. The molecular weight excluding hydrogens is 390 g/mol. The maximum Gasteiger partial charge on any atom is 0.356 e. The Morgan fingerprint density at radius 1 is 0.774 bits per heavy atom. The van der Waals surface area contributed by atoms with E-state index in [1.165, 1.54) is 6.07 Å². The summed E-state index contributed by atoms with van der Waals surface area (Å²) < 4.78 is 7.43. The largest absolute Gasteiger partial charge is 0.476 e. The van der Waals surface area contributed by atoms with Crippen LogP contribution in [-0.2, 0) is 0 Å². The molecule has 0 saturated carbocycles. The SMILES string of the molecule is O=C(O)c1cc2nc(-c3ccc(Oc4ccccc4)cc3)cc(-c3ccccc3)n2n1. The maximum absolute atomic E-state index is 11.4. The molecular formula is C25H17N3O3. The van der Waals surface area contributed by atoms with Gasteiger partial charge in [-0.15, -0.1) is 0 Å². The Balaban J connectivity index is 1.57. The van der Waals surface area contributed by atoms with E-state index in [4.69, 9.17) is 4.74 Å². The van der Waals surface area contributed by atoms with Crippen molar-refractivity contribution >= 4 is 11.6 Å². The van der Waals surface area contributed by atoms with Crippen molar-refractivity contribution < 1.29 is 14.6 Å². The number of hydrogen-bond donors (Lipinski definition) is 1. The first-order chi connectivity index (χ1) is 15.2. The average molecular weight is 407 g/mol. The molecule has 0 aliphatic heterocycles. The molecule has 2 heterocycles. The Kier molecular flexibility index (Phi) is 4.65. The third-order valence-electron chi connectivity index (χ3n) is 4.84. The summed E-state index contributed by atoms with van der Waals surface area (Å²) in [5, 5.41) is 13.6. The highest BCUT2D eigenvalue weighted by Gasteiger charge is 2.15. The average Bonchev–Trinajstić information content (AvgIpc) is 3.25. The van der Waals surface area contributed by atoms with Crippen LogP contribution in [0, 0.1) is 0 Å². The van der Waals surface area contributed by atoms with Crippen molar-refractivity contribution in [3.8, 4) is 34.0 Å². The van der Waals surface area contributed by atoms with Gasteiger partial charge in [0.05, 0.1) is 11.4 Å². The van der Waals surface area contributed by atoms with Crippen LogP contribution in [0.25, 0.3) is 28.2 Å². The van der Waals surface area contributed by atoms with Crippen LogP contribution in [0.3, 0.4) is 0 Å². The highest BCUT2D eigenvalue weighted by atomic mass is 16.5. The number of ether oxygens (including phenoxy) is 1. The third-order valence-corrected chi connectivity index (χ3v) is 4.84. The van der Waals surface area contributed by atoms with Crippen molar-refractivity contribution in [2.45, 2.75) is 0 Å². The minimum Gasteiger partial charge on any atom is -0.476 e. The molecule has 0 atom stereocenters. The molecule has 31 heavy (non-hydrogen) atoms. The lowest BCUT2D eigenvalue weighted by Crippen LogP contribution is -2.01. The molecule has 0 radical (unpaired) electrons. The second kappa shape index (κ2) is 7.76. The first-order valence-electron chi connectivity index (χ1n) is 9.70. The predicted molar refractivity (Wildman–Crippen MR) is 117 cm³/mol. The van der Waals surface area contributed by atoms with Crippen LogP contribution < -0.4 is 4.74 Å². The zero-order valence-electron chi connectivity index (χ0n) is 16.3. The summed E-state index contributed by atoms with van der Waals surface area (Å²) in [5.41, 5.74) is 3.71. The van der Waals surface area contributed by atoms with E-state index in [9.17, 15) is 9.90 Å². The molecule has 3 aromatic carbocycles. The van der Waals surface area contributed by atoms with Gasteiger partial charge in [0.1, 0.15) is 11.5 Å². The molecule has 6 heteroatoms. The fourth-order valence-corrected chi connectivity index (χ4v) is 3.36. The number of para-hydroxylation sites is 1. The van der Waals surface area contributed by atoms with Gasteiger partial charge in [0.25, 0.3) is 0 Å². The van der Waals surface area contributed by atoms with Crippen LogP contribution in [0.2, 0.25) is 0 Å². The van der Waals surface area contributed by atoms with E-state index < -0.39 is 5.97 Å². The molecule has 0 aliphatic carbocycles. The van der Waals surface area contributed by atoms with Gasteiger partial charge in [-0.1, -0.05) is 48.5 Å². The minimum atomic E-state index is -1.09. The molecule has 0 bridgehead atoms. The molecule has 0 saturated heterocycles. The van der Waals surface area contributed by atoms with Crippen molar-refractivity contribution in [2.24, 2.45) is 0 Å². The molecule has 0 unspecified atom stereocenters. The first kappa shape index (κ1) is 18.6. The van der Waals surface area contributed by atoms with Crippen LogP contribution in [-0.4, -0.2) is 25.7 Å². The molecule has 1 N–H and O–H groups in total. The Morgan fingerprint density at radius 3 is 2.10 bits per heavy atom. The van der Waals surface area contributed by atoms with Crippen molar-refractivity contribution in [2.75, 3.05) is 0 Å². The highest BCUT2D eigenvalue weighted by Crippen LogP contribution is 2.29. The fourth-order valence-electron chi connectivity index (χ4n) is 3.36. The quantitative estimate of drug-likeness (QED) is 0.413. The van der Waals surface area contributed by atoms with Gasteiger partial charge < -0.3 is 9.84 Å². The zero-order valence-corrected chi connectivity index (χ0v) is 16.3. The van der Waals surface area contributed by atoms with Crippen LogP contribution in [0.1, 0.15) is 10.5 Å². The number of fused-ring (bicyclic) bond motifs is 1. The van der Waals surface area contributed by atoms with Crippen LogP contribution in [0.15, 0.2) is 97.1 Å². The smallest absolute Gasteiger partial charge is 0.356 e. The van der Waals surface area contributed by atoms with E-state index >= 15 is 0 Å². The molecule has 0 spiro atoms. The molecule has 2 aromatic heterocycles. The summed E-state index contributed by atoms with van der Waals surface area (Å²) in [5.74, 6) is 0.395. The van der Waals surface area contributed by atoms with Gasteiger partial charge in [-0.2, -0.15) is 5.10 Å². The molecule has 5 aromatic rings. The topological polar surface area (TPSA) is 76.7 Å². The van der Waals surface area contributed by atoms with Gasteiger partial charge in [0.2, 0.25) is 0 Å². The number of carboxylic acid groups (broad SMARTS) is 1. The standard InChI is InChI=1S/C25H17N3O3/c29-25(30)22-16-24-26-21(15-23(28(24)27-22)18-7-3-1-4-8-18)17-11-13-20(14-12-17)31-19-9-5-2-6-10-19/h1-16H,(H,29,30). The van der Waals surface area contributed by atoms with Gasteiger partial charge >= 0.3 is 5.97 Å². The third kappa shape index (κ3) is 3.74. The first-order valence-corrected chi connectivity index (χ1v) is 9.70. The Bertz CT molecular complexity index is 1360. The normalized spacial score (nSPS) is 10.8. The van der Waals surface area contributed by atoms with Gasteiger partial charge in [-0.3, -0.25) is 0 Å². The molecule has 0 fully saturated rings. The van der Waals surface area contributed by atoms with Crippen molar-refractivity contribution in [1.82, 2.24) is 14.6 Å². The van der Waals surface area contributed by atoms with E-state index in [0.29, 0.717) is 5.65 Å². The number of nitrogens with zero attached hydrogens (tertiary/aromatic N) is 3. The van der Waals surface area contributed by atoms with E-state index in [1.807, 2.05) is 91.0 Å². The number of aromatic carboxylic acids is 1. The van der Waals surface area contributed by atoms with Gasteiger partial charge in [-0.25, -0.2) is 14.3 Å². The number of rotatable bonds is 5. The predicted octanol–water partition coefficient (Wildman–Crippen LogP) is 5.55. The summed E-state index contributed by atoms with van der Waals surface area (Å²) in [4.78, 5) is 16.1. The van der Waals surface area contributed by atoms with Crippen molar-refractivity contribution in [1.29, 1.82) is 0 Å². The monoisotopic (exact) mass is 407 g/mol. The van der Waals surface area contributed by atoms with Crippen molar-refractivity contribution in [3.05, 3.63) is 103 Å². The number of benzene rings is 3. The molecule has 150 valence electrons. The summed E-state index contributed by atoms with van der Waals surface area (Å²) in [6.45, 7) is 0. The maximum atomic E-state index is 11.4. The molecule has 5 rings (SSSR count). The van der Waals surface area contributed by atoms with Gasteiger partial charge in [0.15, 0.2) is 11.3 Å². The fraction of sp³-hybridized carbons (Fsp3) is 0. The summed E-state index contributed by atoms with van der Waals surface area (Å²) in [6.07, 6.45) is 0. The molecule has 0 amide bonds. The van der Waals surface area contributed by atoms with Crippen LogP contribution >= 0.6 is 0 Å². The highest BCUT2D eigenvalue weighted by molar-refractivity contribution is 5.87. The molecule has 6 nitrogen and oxygen atoms in total. The second-order valence-corrected chi connectivity index (χ2v) is 6.94. The second-order valence-electron chi connectivity index (χ2n) is 6.94. The number of carboxylic acids is 1. The summed E-state index contributed by atoms with van der Waals surface area (Å²) in [7, 11) is 0. The Hall–Kier alpha value is -4.45. The number of aromatic nitrogens is 3. The van der Waals surface area contributed by atoms with E-state index in [1.54, 1.807) is 4.52 Å². The van der Waals surface area contributed by atoms with Gasteiger partial charge in [0, 0.05) is 17.2 Å². The minimum absolute atomic E-state index is 0.0477. The lowest BCUT2D eigenvalue weighted by molar-refractivity contribution is 0.0690. The van der Waals surface area contributed by atoms with E-state index in [-0.39, 0.29) is 5.69 Å². The Morgan fingerprint density at radius 2 is 1.42 bits per heavy atom. The van der Waals surface area contributed by atoms with E-state index in [2.05, 4.69) is 10.1 Å². The number of hydrogen-bond acceptors (Lipinski definition) is 4. The lowest BCUT2D eigenvalue weighted by Gasteiger charge is -2.10. The number of carbonyl (C=O) groups is 1. The molecule has 0 aliphatic rings. The van der Waals surface area contributed by atoms with Gasteiger partial charge in [-0.05, 0) is 42.5 Å². The zero-order chi connectivity index (χ0) is 21.2. The van der Waals surface area contributed by atoms with Crippen LogP contribution in [0.4, 0.5) is 0 Å². The lowest BCUT2D eigenvalue weighted by atomic mass is 10.1. The Labute approximate surface area is 178 Å².